The molecule has 0 saturated heterocycles. The van der Waals surface area contributed by atoms with Crippen LogP contribution in [0.5, 0.6) is 0 Å². The Labute approximate surface area is 85.4 Å². The summed E-state index contributed by atoms with van der Waals surface area (Å²) in [6.07, 6.45) is 8.76. The molecule has 0 rings (SSSR count). The van der Waals surface area contributed by atoms with E-state index in [1.54, 1.807) is 0 Å². The second-order valence-electron chi connectivity index (χ2n) is 3.36. The third-order valence-electron chi connectivity index (χ3n) is 1.88. The lowest BCUT2D eigenvalue weighted by molar-refractivity contribution is -0.124. The van der Waals surface area contributed by atoms with Crippen molar-refractivity contribution >= 4 is 11.7 Å². The van der Waals surface area contributed by atoms with E-state index in [1.165, 1.54) is 25.3 Å². The molecule has 0 fully saturated rings. The summed E-state index contributed by atoms with van der Waals surface area (Å²) in [4.78, 5) is 21.3. The van der Waals surface area contributed by atoms with Gasteiger partial charge in [0.2, 0.25) is 5.91 Å². The van der Waals surface area contributed by atoms with E-state index in [0.29, 0.717) is 0 Å². The largest absolute Gasteiger partial charge is 0.369 e. The number of hydrogen-bond donors (Lipinski definition) is 1. The first-order chi connectivity index (χ1) is 6.66. The molecule has 0 aliphatic carbocycles. The topological polar surface area (TPSA) is 60.2 Å². The molecule has 3 heteroatoms. The molecule has 0 radical (unpaired) electrons. The van der Waals surface area contributed by atoms with E-state index in [-0.39, 0.29) is 12.2 Å². The number of primary amides is 1. The molecule has 1 amide bonds. The van der Waals surface area contributed by atoms with Gasteiger partial charge in [-0.3, -0.25) is 9.59 Å². The molecule has 0 aromatic carbocycles. The predicted molar refractivity (Wildman–Crippen MR) is 56.7 cm³/mol. The molecule has 0 atom stereocenters. The zero-order valence-corrected chi connectivity index (χ0v) is 8.79. The standard InChI is InChI=1S/C11H19NO2/c1-2-3-4-5-6-7-8-10(13)9-11(12)14/h7-8H,2-6,9H2,1H3,(H2,12,14). The molecule has 0 aromatic rings. The van der Waals surface area contributed by atoms with Crippen molar-refractivity contribution in [2.75, 3.05) is 0 Å². The van der Waals surface area contributed by atoms with Gasteiger partial charge in [0.05, 0.1) is 6.42 Å². The van der Waals surface area contributed by atoms with Crippen LogP contribution in [0.25, 0.3) is 0 Å². The molecule has 0 spiro atoms. The molecule has 0 bridgehead atoms. The van der Waals surface area contributed by atoms with E-state index < -0.39 is 5.91 Å². The average molecular weight is 197 g/mol. The molecule has 80 valence electrons. The van der Waals surface area contributed by atoms with Crippen LogP contribution in [-0.2, 0) is 9.59 Å². The number of unbranched alkanes of at least 4 members (excludes halogenated alkanes) is 4. The highest BCUT2D eigenvalue weighted by atomic mass is 16.2. The highest BCUT2D eigenvalue weighted by molar-refractivity contribution is 6.03. The molecular weight excluding hydrogens is 178 g/mol. The lowest BCUT2D eigenvalue weighted by Gasteiger charge is -1.93. The Balaban J connectivity index is 3.42. The average Bonchev–Trinajstić information content (AvgIpc) is 2.10. The van der Waals surface area contributed by atoms with Crippen LogP contribution in [0.4, 0.5) is 0 Å². The van der Waals surface area contributed by atoms with Gasteiger partial charge in [-0.15, -0.1) is 0 Å². The van der Waals surface area contributed by atoms with Gasteiger partial charge in [-0.1, -0.05) is 32.3 Å². The Hall–Kier alpha value is -1.12. The van der Waals surface area contributed by atoms with Gasteiger partial charge in [-0.2, -0.15) is 0 Å². The Morgan fingerprint density at radius 2 is 1.93 bits per heavy atom. The summed E-state index contributed by atoms with van der Waals surface area (Å²) in [6, 6.07) is 0. The predicted octanol–water partition coefficient (Wildman–Crippen LogP) is 1.96. The van der Waals surface area contributed by atoms with Gasteiger partial charge < -0.3 is 5.73 Å². The van der Waals surface area contributed by atoms with Crippen molar-refractivity contribution in [1.29, 1.82) is 0 Å². The second kappa shape index (κ2) is 8.48. The Morgan fingerprint density at radius 1 is 1.21 bits per heavy atom. The minimum Gasteiger partial charge on any atom is -0.369 e. The number of nitrogens with two attached hydrogens (primary N) is 1. The van der Waals surface area contributed by atoms with Gasteiger partial charge in [0.25, 0.3) is 0 Å². The van der Waals surface area contributed by atoms with Gasteiger partial charge in [0.1, 0.15) is 0 Å². The first-order valence-electron chi connectivity index (χ1n) is 5.14. The maximum Gasteiger partial charge on any atom is 0.225 e. The summed E-state index contributed by atoms with van der Waals surface area (Å²) in [5.74, 6) is -0.765. The van der Waals surface area contributed by atoms with Crippen molar-refractivity contribution in [2.24, 2.45) is 5.73 Å². The monoisotopic (exact) mass is 197 g/mol. The van der Waals surface area contributed by atoms with Crippen LogP contribution in [0, 0.1) is 0 Å². The van der Waals surface area contributed by atoms with E-state index in [2.05, 4.69) is 6.92 Å². The third kappa shape index (κ3) is 8.97. The Morgan fingerprint density at radius 3 is 2.50 bits per heavy atom. The number of rotatable bonds is 8. The van der Waals surface area contributed by atoms with Gasteiger partial charge >= 0.3 is 0 Å². The van der Waals surface area contributed by atoms with Crippen molar-refractivity contribution in [3.8, 4) is 0 Å². The smallest absolute Gasteiger partial charge is 0.225 e. The fraction of sp³-hybridized carbons (Fsp3) is 0.636. The Bertz CT molecular complexity index is 209. The van der Waals surface area contributed by atoms with Crippen LogP contribution in [0.3, 0.4) is 0 Å². The molecule has 14 heavy (non-hydrogen) atoms. The molecule has 0 aliphatic rings. The molecule has 0 unspecified atom stereocenters. The zero-order valence-electron chi connectivity index (χ0n) is 8.79. The van der Waals surface area contributed by atoms with Crippen molar-refractivity contribution in [2.45, 2.75) is 45.4 Å². The minimum atomic E-state index is -0.564. The van der Waals surface area contributed by atoms with Crippen molar-refractivity contribution in [3.05, 3.63) is 12.2 Å². The fourth-order valence-corrected chi connectivity index (χ4v) is 1.13. The minimum absolute atomic E-state index is 0.175. The summed E-state index contributed by atoms with van der Waals surface area (Å²) in [7, 11) is 0. The molecule has 0 aromatic heterocycles. The number of carbonyl (C=O) groups is 2. The van der Waals surface area contributed by atoms with Crippen LogP contribution in [-0.4, -0.2) is 11.7 Å². The quantitative estimate of drug-likeness (QED) is 0.367. The van der Waals surface area contributed by atoms with Gasteiger partial charge in [-0.05, 0) is 18.9 Å². The normalized spacial score (nSPS) is 10.6. The van der Waals surface area contributed by atoms with Gasteiger partial charge in [0, 0.05) is 0 Å². The van der Waals surface area contributed by atoms with Crippen molar-refractivity contribution in [1.82, 2.24) is 0 Å². The van der Waals surface area contributed by atoms with Crippen molar-refractivity contribution in [3.63, 3.8) is 0 Å². The second-order valence-corrected chi connectivity index (χ2v) is 3.36. The van der Waals surface area contributed by atoms with Crippen LogP contribution in [0.1, 0.15) is 45.4 Å². The summed E-state index contributed by atoms with van der Waals surface area (Å²) in [5.41, 5.74) is 4.87. The van der Waals surface area contributed by atoms with Crippen LogP contribution < -0.4 is 5.73 Å². The molecule has 0 heterocycles. The Kier molecular flexibility index (Phi) is 7.80. The number of ketones is 1. The fourth-order valence-electron chi connectivity index (χ4n) is 1.13. The lowest BCUT2D eigenvalue weighted by atomic mass is 10.1. The third-order valence-corrected chi connectivity index (χ3v) is 1.88. The number of hydrogen-bond acceptors (Lipinski definition) is 2. The molecular formula is C11H19NO2. The lowest BCUT2D eigenvalue weighted by Crippen LogP contribution is -2.14. The first-order valence-corrected chi connectivity index (χ1v) is 5.14. The number of amides is 1. The number of carbonyl (C=O) groups excluding carboxylic acids is 2. The van der Waals surface area contributed by atoms with Crippen LogP contribution >= 0.6 is 0 Å². The van der Waals surface area contributed by atoms with Gasteiger partial charge in [0.15, 0.2) is 5.78 Å². The van der Waals surface area contributed by atoms with E-state index in [0.717, 1.165) is 12.8 Å². The SMILES string of the molecule is CCCCCCC=CC(=O)CC(N)=O. The molecule has 2 N–H and O–H groups in total. The molecule has 0 saturated carbocycles. The van der Waals surface area contributed by atoms with E-state index >= 15 is 0 Å². The van der Waals surface area contributed by atoms with Crippen molar-refractivity contribution < 1.29 is 9.59 Å². The van der Waals surface area contributed by atoms with Crippen LogP contribution in [0.15, 0.2) is 12.2 Å². The van der Waals surface area contributed by atoms with E-state index in [1.807, 2.05) is 6.08 Å². The maximum atomic E-state index is 11.0. The molecule has 3 nitrogen and oxygen atoms in total. The summed E-state index contributed by atoms with van der Waals surface area (Å²) >= 11 is 0. The van der Waals surface area contributed by atoms with Crippen LogP contribution in [0.2, 0.25) is 0 Å². The van der Waals surface area contributed by atoms with E-state index in [9.17, 15) is 9.59 Å². The van der Waals surface area contributed by atoms with E-state index in [4.69, 9.17) is 5.73 Å². The highest BCUT2D eigenvalue weighted by Crippen LogP contribution is 2.02. The zero-order chi connectivity index (χ0) is 10.8. The summed E-state index contributed by atoms with van der Waals surface area (Å²) in [6.45, 7) is 2.16. The maximum absolute atomic E-state index is 11.0. The summed E-state index contributed by atoms with van der Waals surface area (Å²) in [5, 5.41) is 0. The summed E-state index contributed by atoms with van der Waals surface area (Å²) < 4.78 is 0. The number of allylic oxidation sites excluding steroid dienone is 2. The molecule has 0 aliphatic heterocycles. The van der Waals surface area contributed by atoms with Gasteiger partial charge in [-0.25, -0.2) is 0 Å². The highest BCUT2D eigenvalue weighted by Gasteiger charge is 2.00. The first kappa shape index (κ1) is 12.9.